The van der Waals surface area contributed by atoms with Gasteiger partial charge < -0.3 is 10.2 Å². The average Bonchev–Trinajstić information content (AvgIpc) is 2.49. The van der Waals surface area contributed by atoms with E-state index >= 15 is 0 Å². The monoisotopic (exact) mass is 343 g/mol. The van der Waals surface area contributed by atoms with Crippen LogP contribution in [0, 0.1) is 0 Å². The van der Waals surface area contributed by atoms with Crippen LogP contribution in [0.15, 0.2) is 18.2 Å². The zero-order valence-electron chi connectivity index (χ0n) is 13.3. The summed E-state index contributed by atoms with van der Waals surface area (Å²) in [6.45, 7) is 7.54. The van der Waals surface area contributed by atoms with Gasteiger partial charge in [0.05, 0.1) is 26.1 Å². The second kappa shape index (κ2) is 7.67. The second-order valence-corrected chi connectivity index (χ2v) is 7.58. The number of hydrogen-bond donors (Lipinski definition) is 2. The molecule has 3 nitrogen and oxygen atoms in total. The first-order valence-corrected chi connectivity index (χ1v) is 8.70. The minimum absolute atomic E-state index is 0.00806. The zero-order valence-corrected chi connectivity index (χ0v) is 14.9. The zero-order chi connectivity index (χ0) is 16.2. The summed E-state index contributed by atoms with van der Waals surface area (Å²) in [5.41, 5.74) is 0.881. The molecule has 122 valence electrons. The maximum atomic E-state index is 12.2. The third-order valence-corrected chi connectivity index (χ3v) is 5.09. The molecule has 1 aromatic rings. The van der Waals surface area contributed by atoms with Crippen LogP contribution >= 0.6 is 23.2 Å². The predicted molar refractivity (Wildman–Crippen MR) is 91.8 cm³/mol. The van der Waals surface area contributed by atoms with Crippen molar-refractivity contribution in [1.29, 1.82) is 0 Å². The summed E-state index contributed by atoms with van der Waals surface area (Å²) in [6.07, 6.45) is 4.20. The molecular weight excluding hydrogens is 319 g/mol. The van der Waals surface area contributed by atoms with E-state index < -0.39 is 0 Å². The molecule has 0 atom stereocenters. The highest BCUT2D eigenvalue weighted by Gasteiger charge is 2.32. The summed E-state index contributed by atoms with van der Waals surface area (Å²) in [5, 5.41) is 4.19. The second-order valence-electron chi connectivity index (χ2n) is 6.74. The fourth-order valence-electron chi connectivity index (χ4n) is 3.00. The quantitative estimate of drug-likeness (QED) is 0.846. The van der Waals surface area contributed by atoms with Gasteiger partial charge in [-0.25, -0.2) is 0 Å². The maximum absolute atomic E-state index is 12.2. The molecule has 1 saturated heterocycles. The highest BCUT2D eigenvalue weighted by Crippen LogP contribution is 2.21. The smallest absolute Gasteiger partial charge is 0.224 e. The molecule has 5 heteroatoms. The number of likely N-dealkylation sites (tertiary alicyclic amines) is 1. The van der Waals surface area contributed by atoms with Gasteiger partial charge >= 0.3 is 0 Å². The topological polar surface area (TPSA) is 33.5 Å². The van der Waals surface area contributed by atoms with Crippen LogP contribution in [0.1, 0.15) is 38.7 Å². The van der Waals surface area contributed by atoms with Crippen LogP contribution < -0.4 is 10.2 Å². The normalized spacial score (nSPS) is 16.5. The summed E-state index contributed by atoms with van der Waals surface area (Å²) in [7, 11) is 0. The van der Waals surface area contributed by atoms with Gasteiger partial charge in [0.25, 0.3) is 0 Å². The average molecular weight is 344 g/mol. The van der Waals surface area contributed by atoms with Crippen molar-refractivity contribution >= 4 is 29.1 Å². The van der Waals surface area contributed by atoms with E-state index in [1.807, 2.05) is 6.07 Å². The number of quaternary nitrogens is 1. The highest BCUT2D eigenvalue weighted by atomic mass is 35.5. The predicted octanol–water partition coefficient (Wildman–Crippen LogP) is 2.50. The number of amides is 1. The van der Waals surface area contributed by atoms with Crippen LogP contribution in [0.5, 0.6) is 0 Å². The van der Waals surface area contributed by atoms with Crippen LogP contribution in [0.25, 0.3) is 0 Å². The van der Waals surface area contributed by atoms with Crippen molar-refractivity contribution < 1.29 is 9.69 Å². The lowest BCUT2D eigenvalue weighted by molar-refractivity contribution is -0.951. The minimum atomic E-state index is 0.00806. The Bertz CT molecular complexity index is 525. The first-order chi connectivity index (χ1) is 10.4. The number of carbonyl (C=O) groups is 1. The van der Waals surface area contributed by atoms with Gasteiger partial charge in [-0.05, 0) is 50.8 Å². The fraction of sp³-hybridized carbons (Fsp3) is 0.588. The summed E-state index contributed by atoms with van der Waals surface area (Å²) in [6, 6.07) is 5.25. The number of rotatable bonds is 5. The van der Waals surface area contributed by atoms with Gasteiger partial charge in [-0.3, -0.25) is 4.79 Å². The number of benzene rings is 1. The Kier molecular flexibility index (Phi) is 6.13. The molecule has 1 heterocycles. The summed E-state index contributed by atoms with van der Waals surface area (Å²) in [5.74, 6) is 0.00806. The van der Waals surface area contributed by atoms with Crippen molar-refractivity contribution in [3.8, 4) is 0 Å². The molecule has 0 aromatic heterocycles. The van der Waals surface area contributed by atoms with Gasteiger partial charge in [0, 0.05) is 10.0 Å². The van der Waals surface area contributed by atoms with Crippen LogP contribution in [-0.4, -0.2) is 31.1 Å². The fourth-order valence-corrected chi connectivity index (χ4v) is 3.48. The SMILES string of the molecule is CC(C)(CNC(=O)Cc1ccc(Cl)cc1Cl)[NH+]1CCCCC1. The lowest BCUT2D eigenvalue weighted by atomic mass is 9.98. The first-order valence-electron chi connectivity index (χ1n) is 7.94. The van der Waals surface area contributed by atoms with E-state index in [1.165, 1.54) is 32.4 Å². The molecule has 22 heavy (non-hydrogen) atoms. The minimum Gasteiger partial charge on any atom is -0.350 e. The molecule has 0 spiro atoms. The number of hydrogen-bond acceptors (Lipinski definition) is 1. The van der Waals surface area contributed by atoms with Crippen LogP contribution in [-0.2, 0) is 11.2 Å². The molecule has 0 aliphatic carbocycles. The summed E-state index contributed by atoms with van der Waals surface area (Å²) in [4.78, 5) is 13.8. The first kappa shape index (κ1) is 17.6. The van der Waals surface area contributed by atoms with Gasteiger partial charge in [0.1, 0.15) is 5.54 Å². The largest absolute Gasteiger partial charge is 0.350 e. The Hall–Kier alpha value is -0.770. The number of carbonyl (C=O) groups excluding carboxylic acids is 1. The summed E-state index contributed by atoms with van der Waals surface area (Å²) >= 11 is 12.0. The van der Waals surface area contributed by atoms with E-state index in [0.717, 1.165) is 5.56 Å². The molecule has 1 aliphatic rings. The van der Waals surface area contributed by atoms with Crippen LogP contribution in [0.2, 0.25) is 10.0 Å². The number of halogens is 2. The third-order valence-electron chi connectivity index (χ3n) is 4.51. The van der Waals surface area contributed by atoms with Gasteiger partial charge in [-0.1, -0.05) is 29.3 Å². The van der Waals surface area contributed by atoms with E-state index in [9.17, 15) is 4.79 Å². The van der Waals surface area contributed by atoms with Gasteiger partial charge in [0.2, 0.25) is 5.91 Å². The number of nitrogens with one attached hydrogen (secondary N) is 2. The van der Waals surface area contributed by atoms with Crippen LogP contribution in [0.4, 0.5) is 0 Å². The standard InChI is InChI=1S/C17H24Cl2N2O/c1-17(2,21-8-4-3-5-9-21)12-20-16(22)10-13-6-7-14(18)11-15(13)19/h6-7,11H,3-5,8-10,12H2,1-2H3,(H,20,22)/p+1. The van der Waals surface area contributed by atoms with Gasteiger partial charge in [0.15, 0.2) is 0 Å². The van der Waals surface area contributed by atoms with Crippen LogP contribution in [0.3, 0.4) is 0 Å². The Balaban J connectivity index is 1.86. The Morgan fingerprint density at radius 2 is 1.91 bits per heavy atom. The molecule has 0 unspecified atom stereocenters. The van der Waals surface area contributed by atoms with E-state index in [4.69, 9.17) is 23.2 Å². The Labute approximate surface area is 143 Å². The van der Waals surface area contributed by atoms with E-state index in [-0.39, 0.29) is 11.4 Å². The van der Waals surface area contributed by atoms with Crippen molar-refractivity contribution in [3.05, 3.63) is 33.8 Å². The van der Waals surface area contributed by atoms with Gasteiger partial charge in [-0.2, -0.15) is 0 Å². The van der Waals surface area contributed by atoms with E-state index in [0.29, 0.717) is 23.0 Å². The van der Waals surface area contributed by atoms with Crippen molar-refractivity contribution in [3.63, 3.8) is 0 Å². The Morgan fingerprint density at radius 3 is 2.55 bits per heavy atom. The van der Waals surface area contributed by atoms with Gasteiger partial charge in [-0.15, -0.1) is 0 Å². The summed E-state index contributed by atoms with van der Waals surface area (Å²) < 4.78 is 0. The lowest BCUT2D eigenvalue weighted by Gasteiger charge is -2.37. The third kappa shape index (κ3) is 4.87. The van der Waals surface area contributed by atoms with Crippen molar-refractivity contribution in [2.75, 3.05) is 19.6 Å². The molecule has 0 saturated carbocycles. The lowest BCUT2D eigenvalue weighted by Crippen LogP contribution is -3.20. The molecule has 0 bridgehead atoms. The molecule has 2 rings (SSSR count). The molecule has 1 fully saturated rings. The van der Waals surface area contributed by atoms with Crippen molar-refractivity contribution in [1.82, 2.24) is 5.32 Å². The highest BCUT2D eigenvalue weighted by molar-refractivity contribution is 6.35. The molecule has 1 amide bonds. The number of piperidine rings is 1. The Morgan fingerprint density at radius 1 is 1.23 bits per heavy atom. The van der Waals surface area contributed by atoms with E-state index in [1.54, 1.807) is 17.0 Å². The molecular formula is C17H25Cl2N2O+. The molecule has 0 radical (unpaired) electrons. The van der Waals surface area contributed by atoms with E-state index in [2.05, 4.69) is 19.2 Å². The maximum Gasteiger partial charge on any atom is 0.224 e. The van der Waals surface area contributed by atoms with Crippen molar-refractivity contribution in [2.45, 2.75) is 45.1 Å². The molecule has 2 N–H and O–H groups in total. The molecule has 1 aromatic carbocycles. The molecule has 1 aliphatic heterocycles. The van der Waals surface area contributed by atoms with Crippen molar-refractivity contribution in [2.24, 2.45) is 0 Å².